The van der Waals surface area contributed by atoms with E-state index in [-0.39, 0.29) is 0 Å². The van der Waals surface area contributed by atoms with Crippen LogP contribution in [0.4, 0.5) is 74.6 Å². The second-order valence-corrected chi connectivity index (χ2v) is 8.46. The van der Waals surface area contributed by atoms with Crippen molar-refractivity contribution >= 4 is 8.80 Å². The Bertz CT molecular complexity index is 634. The highest BCUT2D eigenvalue weighted by molar-refractivity contribution is 6.60. The van der Waals surface area contributed by atoms with Gasteiger partial charge in [0.2, 0.25) is 0 Å². The van der Waals surface area contributed by atoms with Crippen LogP contribution in [0.5, 0.6) is 0 Å². The fourth-order valence-electron chi connectivity index (χ4n) is 1.32. The first-order valence-corrected chi connectivity index (χ1v) is 9.66. The molecule has 214 valence electrons. The third-order valence-electron chi connectivity index (χ3n) is 3.24. The average Bonchev–Trinajstić information content (AvgIpc) is 2.68. The molecule has 23 heteroatoms. The van der Waals surface area contributed by atoms with Crippen LogP contribution in [-0.2, 0) is 22.8 Å². The molecule has 0 aliphatic rings. The van der Waals surface area contributed by atoms with Crippen LogP contribution >= 0.6 is 0 Å². The van der Waals surface area contributed by atoms with Crippen molar-refractivity contribution in [1.82, 2.24) is 0 Å². The monoisotopic (exact) mass is 588 g/mol. The number of hydrogen-bond donors (Lipinski definition) is 0. The third kappa shape index (κ3) is 8.16. The Labute approximate surface area is 184 Å². The Morgan fingerprint density at radius 1 is 0.514 bits per heavy atom. The van der Waals surface area contributed by atoms with E-state index in [1.54, 1.807) is 4.74 Å². The minimum Gasteiger partial charge on any atom is -0.375 e. The van der Waals surface area contributed by atoms with Crippen LogP contribution < -0.4 is 0 Å². The molecule has 0 saturated carbocycles. The Balaban J connectivity index is 0. The van der Waals surface area contributed by atoms with Gasteiger partial charge in [-0.15, -0.1) is 0 Å². The summed E-state index contributed by atoms with van der Waals surface area (Å²) in [5.41, 5.74) is 0. The van der Waals surface area contributed by atoms with Crippen molar-refractivity contribution in [3.05, 3.63) is 0 Å². The first-order valence-electron chi connectivity index (χ1n) is 7.73. The van der Waals surface area contributed by atoms with Crippen LogP contribution in [0.1, 0.15) is 0 Å². The van der Waals surface area contributed by atoms with Crippen LogP contribution in [-0.4, -0.2) is 85.6 Å². The van der Waals surface area contributed by atoms with E-state index in [1.807, 2.05) is 0 Å². The SMILES string of the molecule is CO[Si](CF)(OC)OC.FCC(F)(F)OC(F)(F)C(F)(F)C(F)(F)OC(F)(F)C(F)(F)C(F)(F)F. The molecule has 0 rings (SSSR count). The van der Waals surface area contributed by atoms with Crippen LogP contribution in [0.15, 0.2) is 0 Å². The zero-order valence-corrected chi connectivity index (χ0v) is 17.9. The minimum atomic E-state index is -7.69. The lowest BCUT2D eigenvalue weighted by Crippen LogP contribution is -2.63. The summed E-state index contributed by atoms with van der Waals surface area (Å²) in [5, 5.41) is 0. The molecule has 0 aromatic heterocycles. The Morgan fingerprint density at radius 2 is 0.829 bits per heavy atom. The number of ether oxygens (including phenoxy) is 2. The summed E-state index contributed by atoms with van der Waals surface area (Å²) in [6, 6.07) is 0. The summed E-state index contributed by atoms with van der Waals surface area (Å²) in [7, 11) is 1.26. The van der Waals surface area contributed by atoms with Gasteiger partial charge in [0.25, 0.3) is 0 Å². The second kappa shape index (κ2) is 11.5. The molecule has 0 bridgehead atoms. The highest BCUT2D eigenvalue weighted by Gasteiger charge is 2.83. The van der Waals surface area contributed by atoms with E-state index in [4.69, 9.17) is 13.3 Å². The van der Waals surface area contributed by atoms with Gasteiger partial charge < -0.3 is 13.3 Å². The van der Waals surface area contributed by atoms with Crippen molar-refractivity contribution in [1.29, 1.82) is 0 Å². The van der Waals surface area contributed by atoms with E-state index < -0.39 is 64.2 Å². The maximum atomic E-state index is 12.8. The van der Waals surface area contributed by atoms with E-state index in [2.05, 4.69) is 0 Å². The molecule has 0 aromatic carbocycles. The number of alkyl halides is 17. The summed E-state index contributed by atoms with van der Waals surface area (Å²) in [4.78, 5) is 0. The van der Waals surface area contributed by atoms with Gasteiger partial charge in [0.05, 0.1) is 0 Å². The molecule has 0 spiro atoms. The number of hydrogen-bond acceptors (Lipinski definition) is 5. The van der Waals surface area contributed by atoms with E-state index >= 15 is 0 Å². The van der Waals surface area contributed by atoms with Gasteiger partial charge in [0, 0.05) is 21.3 Å². The number of halogens is 17. The normalized spacial score (nSPS) is 15.1. The van der Waals surface area contributed by atoms with Crippen LogP contribution in [0, 0.1) is 0 Å². The average molecular weight is 588 g/mol. The molecule has 0 aromatic rings. The first-order chi connectivity index (χ1) is 15.2. The number of rotatable bonds is 12. The summed E-state index contributed by atoms with van der Waals surface area (Å²) in [6.07, 6.45) is -36.5. The predicted octanol–water partition coefficient (Wildman–Crippen LogP) is 5.57. The molecule has 5 nitrogen and oxygen atoms in total. The van der Waals surface area contributed by atoms with Gasteiger partial charge in [0.15, 0.2) is 13.0 Å². The molecular formula is C12H13F17O5Si. The summed E-state index contributed by atoms with van der Waals surface area (Å²) in [5.74, 6) is -15.3. The van der Waals surface area contributed by atoms with E-state index in [1.165, 1.54) is 26.1 Å². The Morgan fingerprint density at radius 3 is 1.06 bits per heavy atom. The van der Waals surface area contributed by atoms with Gasteiger partial charge in [-0.1, -0.05) is 0 Å². The molecular weight excluding hydrogens is 575 g/mol. The highest BCUT2D eigenvalue weighted by Crippen LogP contribution is 2.54. The molecule has 0 heterocycles. The molecule has 0 unspecified atom stereocenters. The van der Waals surface area contributed by atoms with E-state index in [0.717, 1.165) is 0 Å². The quantitative estimate of drug-likeness (QED) is 0.221. The molecule has 0 amide bonds. The summed E-state index contributed by atoms with van der Waals surface area (Å²) >= 11 is 0. The predicted molar refractivity (Wildman–Crippen MR) is 76.6 cm³/mol. The van der Waals surface area contributed by atoms with Crippen LogP contribution in [0.3, 0.4) is 0 Å². The lowest BCUT2D eigenvalue weighted by molar-refractivity contribution is -0.534. The molecule has 0 aliphatic carbocycles. The zero-order chi connectivity index (χ0) is 28.9. The lowest BCUT2D eigenvalue weighted by atomic mass is 10.2. The Hall–Kier alpha value is -1.17. The van der Waals surface area contributed by atoms with Crippen LogP contribution in [0.2, 0.25) is 0 Å². The van der Waals surface area contributed by atoms with E-state index in [0.29, 0.717) is 0 Å². The van der Waals surface area contributed by atoms with Crippen molar-refractivity contribution in [2.45, 2.75) is 42.5 Å². The summed E-state index contributed by atoms with van der Waals surface area (Å²) < 4.78 is 226. The van der Waals surface area contributed by atoms with Crippen LogP contribution in [0.25, 0.3) is 0 Å². The Kier molecular flexibility index (Phi) is 11.8. The molecule has 0 aliphatic heterocycles. The lowest BCUT2D eigenvalue weighted by Gasteiger charge is -2.36. The van der Waals surface area contributed by atoms with Crippen molar-refractivity contribution < 1.29 is 97.4 Å². The fraction of sp³-hybridized carbons (Fsp3) is 1.00. The second-order valence-electron chi connectivity index (χ2n) is 5.60. The van der Waals surface area contributed by atoms with Gasteiger partial charge in [-0.2, -0.15) is 65.9 Å². The van der Waals surface area contributed by atoms with Crippen molar-refractivity contribution in [3.63, 3.8) is 0 Å². The topological polar surface area (TPSA) is 46.2 Å². The maximum absolute atomic E-state index is 12.8. The smallest absolute Gasteiger partial charge is 0.375 e. The third-order valence-corrected chi connectivity index (χ3v) is 5.43. The van der Waals surface area contributed by atoms with Gasteiger partial charge in [-0.05, 0) is 0 Å². The zero-order valence-electron chi connectivity index (χ0n) is 16.9. The molecule has 0 N–H and O–H groups in total. The minimum absolute atomic E-state index is 0.684. The highest BCUT2D eigenvalue weighted by atomic mass is 28.4. The molecule has 0 radical (unpaired) electrons. The summed E-state index contributed by atoms with van der Waals surface area (Å²) in [6.45, 7) is -3.33. The largest absolute Gasteiger partial charge is 0.532 e. The van der Waals surface area contributed by atoms with Crippen molar-refractivity contribution in [3.8, 4) is 0 Å². The van der Waals surface area contributed by atoms with Gasteiger partial charge >= 0.3 is 51.3 Å². The molecule has 35 heavy (non-hydrogen) atoms. The molecule has 0 saturated heterocycles. The molecule has 0 atom stereocenters. The van der Waals surface area contributed by atoms with Gasteiger partial charge in [0.1, 0.15) is 0 Å². The maximum Gasteiger partial charge on any atom is 0.532 e. The van der Waals surface area contributed by atoms with Gasteiger partial charge in [-0.3, -0.25) is 0 Å². The van der Waals surface area contributed by atoms with Gasteiger partial charge in [-0.25, -0.2) is 18.3 Å². The standard InChI is InChI=1S/C8H2F16O2.C4H11FO3Si/c9-1-2(10,11)25-7(21,22)4(14,15)8(23,24)26-6(19,20)3(12,13)5(16,17)18;1-6-9(4-5,7-2)8-3/h1H2;4H2,1-3H3. The first kappa shape index (κ1) is 36.0. The van der Waals surface area contributed by atoms with Crippen molar-refractivity contribution in [2.24, 2.45) is 0 Å². The molecule has 0 fully saturated rings. The van der Waals surface area contributed by atoms with Crippen molar-refractivity contribution in [2.75, 3.05) is 34.3 Å². The fourth-order valence-corrected chi connectivity index (χ4v) is 2.14. The van der Waals surface area contributed by atoms with E-state index in [9.17, 15) is 74.6 Å².